The zero-order valence-electron chi connectivity index (χ0n) is 15.2. The molecule has 0 aliphatic carbocycles. The van der Waals surface area contributed by atoms with Gasteiger partial charge in [0.15, 0.2) is 6.23 Å². The van der Waals surface area contributed by atoms with Crippen molar-refractivity contribution in [3.05, 3.63) is 65.7 Å². The van der Waals surface area contributed by atoms with Crippen LogP contribution in [0, 0.1) is 6.92 Å². The molecule has 1 unspecified atom stereocenters. The molecule has 0 bridgehead atoms. The van der Waals surface area contributed by atoms with Crippen LogP contribution < -0.4 is 5.32 Å². The van der Waals surface area contributed by atoms with Gasteiger partial charge in [-0.25, -0.2) is 8.98 Å². The number of benzene rings is 2. The summed E-state index contributed by atoms with van der Waals surface area (Å²) in [5.74, 6) is 0. The van der Waals surface area contributed by atoms with Crippen molar-refractivity contribution < 1.29 is 22.1 Å². The molecule has 2 aromatic rings. The molecule has 0 radical (unpaired) electrons. The van der Waals surface area contributed by atoms with Gasteiger partial charge in [0.25, 0.3) is 10.1 Å². The Morgan fingerprint density at radius 2 is 1.58 bits per heavy atom. The van der Waals surface area contributed by atoms with E-state index >= 15 is 0 Å². The first-order chi connectivity index (χ1) is 12.1. The molecular formula is C19H23NO5S. The Morgan fingerprint density at radius 3 is 2.12 bits per heavy atom. The molecule has 0 aliphatic heterocycles. The van der Waals surface area contributed by atoms with E-state index in [-0.39, 0.29) is 4.90 Å². The van der Waals surface area contributed by atoms with Gasteiger partial charge in [-0.3, -0.25) is 5.32 Å². The van der Waals surface area contributed by atoms with Gasteiger partial charge < -0.3 is 4.74 Å². The van der Waals surface area contributed by atoms with E-state index < -0.39 is 28.0 Å². The lowest BCUT2D eigenvalue weighted by molar-refractivity contribution is 0.0401. The molecule has 0 aliphatic rings. The van der Waals surface area contributed by atoms with Crippen LogP contribution >= 0.6 is 0 Å². The second-order valence-electron chi connectivity index (χ2n) is 6.80. The summed E-state index contributed by atoms with van der Waals surface area (Å²) in [5.41, 5.74) is 0.686. The van der Waals surface area contributed by atoms with Crippen molar-refractivity contribution >= 4 is 16.2 Å². The second kappa shape index (κ2) is 7.88. The van der Waals surface area contributed by atoms with E-state index in [0.29, 0.717) is 5.56 Å². The number of carbonyl (C=O) groups is 1. The summed E-state index contributed by atoms with van der Waals surface area (Å²) in [7, 11) is -4.08. The number of amides is 1. The molecule has 6 nitrogen and oxygen atoms in total. The molecule has 0 aromatic heterocycles. The molecule has 1 amide bonds. The van der Waals surface area contributed by atoms with Crippen molar-refractivity contribution in [2.24, 2.45) is 0 Å². The number of rotatable bonds is 5. The zero-order valence-corrected chi connectivity index (χ0v) is 16.0. The number of aryl methyl sites for hydroxylation is 1. The standard InChI is InChI=1S/C19H23NO5S/c1-14-10-12-16(13-11-14)26(22,23)25-17(15-8-6-5-7-9-15)20-18(21)24-19(2,3)4/h5-13,17H,1-4H3,(H,20,21). The van der Waals surface area contributed by atoms with Crippen LogP contribution in [0.3, 0.4) is 0 Å². The Hall–Kier alpha value is -2.38. The van der Waals surface area contributed by atoms with Crippen molar-refractivity contribution in [1.82, 2.24) is 5.32 Å². The van der Waals surface area contributed by atoms with Crippen LogP contribution in [-0.2, 0) is 19.0 Å². The van der Waals surface area contributed by atoms with Gasteiger partial charge in [-0.15, -0.1) is 0 Å². The summed E-state index contributed by atoms with van der Waals surface area (Å²) in [6, 6.07) is 14.8. The predicted octanol–water partition coefficient (Wildman–Crippen LogP) is 3.92. The summed E-state index contributed by atoms with van der Waals surface area (Å²) in [4.78, 5) is 12.1. The highest BCUT2D eigenvalue weighted by molar-refractivity contribution is 7.86. The van der Waals surface area contributed by atoms with Crippen LogP contribution in [0.25, 0.3) is 0 Å². The number of carbonyl (C=O) groups excluding carboxylic acids is 1. The average Bonchev–Trinajstić information content (AvgIpc) is 2.53. The molecule has 0 spiro atoms. The summed E-state index contributed by atoms with van der Waals surface area (Å²) in [6.07, 6.45) is -1.98. The Balaban J connectivity index is 2.26. The fraction of sp³-hybridized carbons (Fsp3) is 0.316. The molecule has 26 heavy (non-hydrogen) atoms. The lowest BCUT2D eigenvalue weighted by Gasteiger charge is -2.23. The smallest absolute Gasteiger partial charge is 0.409 e. The first kappa shape index (κ1) is 19.9. The summed E-state index contributed by atoms with van der Waals surface area (Å²) < 4.78 is 35.7. The summed E-state index contributed by atoms with van der Waals surface area (Å²) in [5, 5.41) is 2.46. The third kappa shape index (κ3) is 5.86. The molecule has 1 atom stereocenters. The minimum atomic E-state index is -4.08. The van der Waals surface area contributed by atoms with Gasteiger partial charge in [0.05, 0.1) is 4.90 Å². The van der Waals surface area contributed by atoms with Gasteiger partial charge in [0.1, 0.15) is 5.60 Å². The minimum absolute atomic E-state index is 0.00928. The van der Waals surface area contributed by atoms with Crippen molar-refractivity contribution in [2.75, 3.05) is 0 Å². The molecule has 140 valence electrons. The van der Waals surface area contributed by atoms with Gasteiger partial charge in [-0.05, 0) is 39.8 Å². The Morgan fingerprint density at radius 1 is 1.00 bits per heavy atom. The van der Waals surface area contributed by atoms with E-state index in [1.54, 1.807) is 63.2 Å². The maximum absolute atomic E-state index is 12.6. The van der Waals surface area contributed by atoms with E-state index in [4.69, 9.17) is 8.92 Å². The molecule has 7 heteroatoms. The molecular weight excluding hydrogens is 354 g/mol. The Kier molecular flexibility index (Phi) is 6.05. The minimum Gasteiger partial charge on any atom is -0.444 e. The third-order valence-electron chi connectivity index (χ3n) is 3.28. The monoisotopic (exact) mass is 377 g/mol. The van der Waals surface area contributed by atoms with Gasteiger partial charge in [-0.2, -0.15) is 8.42 Å². The number of alkyl carbamates (subject to hydrolysis) is 1. The Labute approximate surface area is 154 Å². The van der Waals surface area contributed by atoms with Gasteiger partial charge in [-0.1, -0.05) is 48.0 Å². The normalized spacial score (nSPS) is 13.1. The van der Waals surface area contributed by atoms with Gasteiger partial charge in [0, 0.05) is 5.56 Å². The average molecular weight is 377 g/mol. The first-order valence-corrected chi connectivity index (χ1v) is 9.52. The van der Waals surface area contributed by atoms with E-state index in [1.807, 2.05) is 6.92 Å². The van der Waals surface area contributed by atoms with Crippen molar-refractivity contribution in [1.29, 1.82) is 0 Å². The van der Waals surface area contributed by atoms with Gasteiger partial charge >= 0.3 is 6.09 Å². The first-order valence-electron chi connectivity index (χ1n) is 8.11. The number of ether oxygens (including phenoxy) is 1. The van der Waals surface area contributed by atoms with E-state index in [0.717, 1.165) is 5.56 Å². The lowest BCUT2D eigenvalue weighted by atomic mass is 10.2. The van der Waals surface area contributed by atoms with Crippen LogP contribution in [0.5, 0.6) is 0 Å². The highest BCUT2D eigenvalue weighted by Gasteiger charge is 2.26. The lowest BCUT2D eigenvalue weighted by Crippen LogP contribution is -2.36. The molecule has 0 heterocycles. The summed E-state index contributed by atoms with van der Waals surface area (Å²) >= 11 is 0. The van der Waals surface area contributed by atoms with Crippen LogP contribution in [0.2, 0.25) is 0 Å². The number of nitrogens with one attached hydrogen (secondary N) is 1. The molecule has 0 fully saturated rings. The van der Waals surface area contributed by atoms with Crippen LogP contribution in [0.1, 0.15) is 38.1 Å². The number of hydrogen-bond acceptors (Lipinski definition) is 5. The Bertz CT molecular complexity index is 840. The highest BCUT2D eigenvalue weighted by atomic mass is 32.2. The quantitative estimate of drug-likeness (QED) is 0.631. The third-order valence-corrected chi connectivity index (χ3v) is 4.58. The van der Waals surface area contributed by atoms with E-state index in [9.17, 15) is 13.2 Å². The maximum Gasteiger partial charge on any atom is 0.409 e. The van der Waals surface area contributed by atoms with Crippen molar-refractivity contribution in [3.63, 3.8) is 0 Å². The fourth-order valence-electron chi connectivity index (χ4n) is 2.09. The highest BCUT2D eigenvalue weighted by Crippen LogP contribution is 2.23. The SMILES string of the molecule is Cc1ccc(S(=O)(=O)OC(NC(=O)OC(C)(C)C)c2ccccc2)cc1. The molecule has 0 saturated heterocycles. The van der Waals surface area contributed by atoms with E-state index in [1.165, 1.54) is 12.1 Å². The van der Waals surface area contributed by atoms with E-state index in [2.05, 4.69) is 5.32 Å². The number of hydrogen-bond donors (Lipinski definition) is 1. The van der Waals surface area contributed by atoms with Crippen molar-refractivity contribution in [2.45, 2.75) is 44.4 Å². The molecule has 2 aromatic carbocycles. The van der Waals surface area contributed by atoms with Crippen LogP contribution in [0.4, 0.5) is 4.79 Å². The fourth-order valence-corrected chi connectivity index (χ4v) is 3.09. The van der Waals surface area contributed by atoms with Crippen molar-refractivity contribution in [3.8, 4) is 0 Å². The van der Waals surface area contributed by atoms with Crippen LogP contribution in [0.15, 0.2) is 59.5 Å². The second-order valence-corrected chi connectivity index (χ2v) is 8.37. The van der Waals surface area contributed by atoms with Gasteiger partial charge in [0.2, 0.25) is 0 Å². The molecule has 1 N–H and O–H groups in total. The summed E-state index contributed by atoms with van der Waals surface area (Å²) in [6.45, 7) is 7.00. The zero-order chi connectivity index (χ0) is 19.4. The molecule has 0 saturated carbocycles. The van der Waals surface area contributed by atoms with Crippen LogP contribution in [-0.4, -0.2) is 20.1 Å². The topological polar surface area (TPSA) is 81.7 Å². The predicted molar refractivity (Wildman–Crippen MR) is 98.0 cm³/mol. The maximum atomic E-state index is 12.6. The largest absolute Gasteiger partial charge is 0.444 e. The molecule has 2 rings (SSSR count).